The van der Waals surface area contributed by atoms with Crippen molar-refractivity contribution in [3.8, 4) is 11.5 Å². The van der Waals surface area contributed by atoms with Gasteiger partial charge in [-0.15, -0.1) is 11.8 Å². The molecule has 21 heavy (non-hydrogen) atoms. The Morgan fingerprint density at radius 3 is 2.33 bits per heavy atom. The Labute approximate surface area is 130 Å². The van der Waals surface area contributed by atoms with Crippen molar-refractivity contribution in [2.24, 2.45) is 0 Å². The van der Waals surface area contributed by atoms with Gasteiger partial charge in [0.1, 0.15) is 11.5 Å². The molecule has 2 aromatic rings. The van der Waals surface area contributed by atoms with Crippen LogP contribution in [0.5, 0.6) is 11.5 Å². The van der Waals surface area contributed by atoms with E-state index in [4.69, 9.17) is 15.2 Å². The van der Waals surface area contributed by atoms with Gasteiger partial charge in [-0.05, 0) is 49.7 Å². The topological polar surface area (TPSA) is 44.5 Å². The number of hydrogen-bond acceptors (Lipinski definition) is 4. The molecular weight excluding hydrogens is 282 g/mol. The second-order valence-electron chi connectivity index (χ2n) is 4.59. The number of anilines is 1. The van der Waals surface area contributed by atoms with Crippen LogP contribution in [-0.4, -0.2) is 19.0 Å². The normalized spacial score (nSPS) is 10.4. The van der Waals surface area contributed by atoms with Gasteiger partial charge in [0.25, 0.3) is 0 Å². The number of para-hydroxylation sites is 1. The molecule has 2 N–H and O–H groups in total. The van der Waals surface area contributed by atoms with E-state index in [1.54, 1.807) is 11.8 Å². The molecule has 2 rings (SSSR count). The molecule has 0 aromatic heterocycles. The van der Waals surface area contributed by atoms with Crippen molar-refractivity contribution in [1.29, 1.82) is 0 Å². The molecule has 0 aliphatic carbocycles. The Balaban J connectivity index is 1.78. The molecule has 0 atom stereocenters. The van der Waals surface area contributed by atoms with Crippen LogP contribution in [0, 0.1) is 6.92 Å². The maximum Gasteiger partial charge on any atom is 0.119 e. The highest BCUT2D eigenvalue weighted by atomic mass is 32.2. The quantitative estimate of drug-likeness (QED) is 0.474. The van der Waals surface area contributed by atoms with Gasteiger partial charge in [-0.3, -0.25) is 0 Å². The van der Waals surface area contributed by atoms with Crippen molar-refractivity contribution in [2.45, 2.75) is 18.7 Å². The maximum absolute atomic E-state index is 6.05. The largest absolute Gasteiger partial charge is 0.494 e. The second-order valence-corrected chi connectivity index (χ2v) is 5.72. The summed E-state index contributed by atoms with van der Waals surface area (Å²) < 4.78 is 11.1. The van der Waals surface area contributed by atoms with E-state index >= 15 is 0 Å². The minimum absolute atomic E-state index is 0.645. The van der Waals surface area contributed by atoms with Crippen LogP contribution in [0.1, 0.15) is 12.5 Å². The number of ether oxygens (including phenoxy) is 2. The highest BCUT2D eigenvalue weighted by molar-refractivity contribution is 7.99. The van der Waals surface area contributed by atoms with E-state index in [-0.39, 0.29) is 0 Å². The van der Waals surface area contributed by atoms with Gasteiger partial charge in [0.2, 0.25) is 0 Å². The zero-order chi connectivity index (χ0) is 15.1. The fourth-order valence-electron chi connectivity index (χ4n) is 1.89. The standard InChI is InChI=1S/C17H21NO2S/c1-3-19-14-7-9-15(10-8-14)20-11-12-21-16-6-4-5-13(2)17(16)18/h4-10H,3,11-12,18H2,1-2H3. The molecule has 0 heterocycles. The lowest BCUT2D eigenvalue weighted by atomic mass is 10.2. The summed E-state index contributed by atoms with van der Waals surface area (Å²) in [7, 11) is 0. The van der Waals surface area contributed by atoms with Gasteiger partial charge in [-0.2, -0.15) is 0 Å². The fourth-order valence-corrected chi connectivity index (χ4v) is 2.77. The van der Waals surface area contributed by atoms with Gasteiger partial charge in [0.05, 0.1) is 13.2 Å². The number of thioether (sulfide) groups is 1. The molecule has 3 nitrogen and oxygen atoms in total. The molecule has 112 valence electrons. The number of nitrogen functional groups attached to an aromatic ring is 1. The van der Waals surface area contributed by atoms with Crippen LogP contribution in [0.4, 0.5) is 5.69 Å². The van der Waals surface area contributed by atoms with Crippen molar-refractivity contribution in [3.05, 3.63) is 48.0 Å². The first-order valence-corrected chi connectivity index (χ1v) is 8.03. The van der Waals surface area contributed by atoms with Crippen molar-refractivity contribution < 1.29 is 9.47 Å². The maximum atomic E-state index is 6.05. The van der Waals surface area contributed by atoms with Crippen molar-refractivity contribution in [3.63, 3.8) is 0 Å². The van der Waals surface area contributed by atoms with E-state index in [0.29, 0.717) is 13.2 Å². The molecule has 0 bridgehead atoms. The molecule has 0 radical (unpaired) electrons. The molecular formula is C17H21NO2S. The van der Waals surface area contributed by atoms with Crippen LogP contribution in [0.15, 0.2) is 47.4 Å². The summed E-state index contributed by atoms with van der Waals surface area (Å²) in [5.41, 5.74) is 8.03. The Morgan fingerprint density at radius 2 is 1.67 bits per heavy atom. The third kappa shape index (κ3) is 4.60. The zero-order valence-corrected chi connectivity index (χ0v) is 13.3. The Morgan fingerprint density at radius 1 is 1.00 bits per heavy atom. The summed E-state index contributed by atoms with van der Waals surface area (Å²) in [6, 6.07) is 13.8. The monoisotopic (exact) mass is 303 g/mol. The van der Waals surface area contributed by atoms with E-state index in [0.717, 1.165) is 33.4 Å². The molecule has 0 saturated carbocycles. The summed E-state index contributed by atoms with van der Waals surface area (Å²) >= 11 is 1.72. The summed E-state index contributed by atoms with van der Waals surface area (Å²) in [6.45, 7) is 5.31. The number of hydrogen-bond donors (Lipinski definition) is 1. The Bertz CT molecular complexity index is 570. The van der Waals surface area contributed by atoms with Gasteiger partial charge >= 0.3 is 0 Å². The number of aryl methyl sites for hydroxylation is 1. The first-order valence-electron chi connectivity index (χ1n) is 7.04. The van der Waals surface area contributed by atoms with Crippen molar-refractivity contribution in [1.82, 2.24) is 0 Å². The van der Waals surface area contributed by atoms with Crippen LogP contribution < -0.4 is 15.2 Å². The van der Waals surface area contributed by atoms with E-state index in [2.05, 4.69) is 0 Å². The van der Waals surface area contributed by atoms with E-state index < -0.39 is 0 Å². The van der Waals surface area contributed by atoms with Crippen LogP contribution in [0.25, 0.3) is 0 Å². The third-order valence-corrected chi connectivity index (χ3v) is 4.07. The summed E-state index contributed by atoms with van der Waals surface area (Å²) in [4.78, 5) is 1.12. The van der Waals surface area contributed by atoms with Gasteiger partial charge in [0, 0.05) is 16.3 Å². The van der Waals surface area contributed by atoms with Gasteiger partial charge in [-0.25, -0.2) is 0 Å². The predicted molar refractivity (Wildman–Crippen MR) is 89.4 cm³/mol. The van der Waals surface area contributed by atoms with Crippen LogP contribution >= 0.6 is 11.8 Å². The SMILES string of the molecule is CCOc1ccc(OCCSc2cccc(C)c2N)cc1. The van der Waals surface area contributed by atoms with Crippen LogP contribution in [-0.2, 0) is 0 Å². The lowest BCUT2D eigenvalue weighted by molar-refractivity contribution is 0.332. The zero-order valence-electron chi connectivity index (χ0n) is 12.5. The lowest BCUT2D eigenvalue weighted by Crippen LogP contribution is -2.01. The number of rotatable bonds is 7. The Hall–Kier alpha value is -1.81. The molecule has 0 aliphatic rings. The average molecular weight is 303 g/mol. The van der Waals surface area contributed by atoms with Crippen molar-refractivity contribution in [2.75, 3.05) is 24.7 Å². The van der Waals surface area contributed by atoms with Crippen LogP contribution in [0.3, 0.4) is 0 Å². The second kappa shape index (κ2) is 7.84. The predicted octanol–water partition coefficient (Wildman–Crippen LogP) is 4.15. The average Bonchev–Trinajstić information content (AvgIpc) is 2.50. The molecule has 0 saturated heterocycles. The summed E-state index contributed by atoms with van der Waals surface area (Å²) in [6.07, 6.45) is 0. The van der Waals surface area contributed by atoms with Crippen molar-refractivity contribution >= 4 is 17.4 Å². The summed E-state index contributed by atoms with van der Waals surface area (Å²) in [5.74, 6) is 2.59. The first-order chi connectivity index (χ1) is 10.2. The smallest absolute Gasteiger partial charge is 0.119 e. The highest BCUT2D eigenvalue weighted by Crippen LogP contribution is 2.27. The third-order valence-electron chi connectivity index (χ3n) is 3.03. The highest BCUT2D eigenvalue weighted by Gasteiger charge is 2.02. The first kappa shape index (κ1) is 15.6. The molecule has 0 fully saturated rings. The van der Waals surface area contributed by atoms with E-state index in [1.165, 1.54) is 0 Å². The molecule has 4 heteroatoms. The molecule has 0 unspecified atom stereocenters. The Kier molecular flexibility index (Phi) is 5.81. The lowest BCUT2D eigenvalue weighted by Gasteiger charge is -2.09. The van der Waals surface area contributed by atoms with E-state index in [1.807, 2.05) is 56.3 Å². The van der Waals surface area contributed by atoms with E-state index in [9.17, 15) is 0 Å². The molecule has 0 aliphatic heterocycles. The fraction of sp³-hybridized carbons (Fsp3) is 0.294. The molecule has 0 spiro atoms. The van der Waals surface area contributed by atoms with Gasteiger partial charge < -0.3 is 15.2 Å². The summed E-state index contributed by atoms with van der Waals surface area (Å²) in [5, 5.41) is 0. The van der Waals surface area contributed by atoms with Gasteiger partial charge in [0.15, 0.2) is 0 Å². The molecule has 2 aromatic carbocycles. The van der Waals surface area contributed by atoms with Gasteiger partial charge in [-0.1, -0.05) is 12.1 Å². The van der Waals surface area contributed by atoms with Crippen LogP contribution in [0.2, 0.25) is 0 Å². The minimum Gasteiger partial charge on any atom is -0.494 e. The minimum atomic E-state index is 0.645. The number of nitrogens with two attached hydrogens (primary N) is 1. The number of benzene rings is 2. The molecule has 0 amide bonds.